The Labute approximate surface area is 105 Å². The van der Waals surface area contributed by atoms with Crippen LogP contribution in [0.5, 0.6) is 0 Å². The minimum atomic E-state index is -0.542. The monoisotopic (exact) mass is 302 g/mol. The SMILES string of the molecule is COC(=O)n1c(Cl)nc2c(CBr)cccc21. The van der Waals surface area contributed by atoms with Gasteiger partial charge in [0.1, 0.15) is 0 Å². The van der Waals surface area contributed by atoms with Gasteiger partial charge in [0.2, 0.25) is 5.28 Å². The first-order valence-corrected chi connectivity index (χ1v) is 5.99. The summed E-state index contributed by atoms with van der Waals surface area (Å²) in [6.45, 7) is 0. The highest BCUT2D eigenvalue weighted by Gasteiger charge is 2.17. The van der Waals surface area contributed by atoms with Gasteiger partial charge in [-0.05, 0) is 23.2 Å². The molecule has 0 aliphatic heterocycles. The molecule has 0 unspecified atom stereocenters. The molecule has 84 valence electrons. The van der Waals surface area contributed by atoms with E-state index in [4.69, 9.17) is 11.6 Å². The molecule has 1 aromatic carbocycles. The van der Waals surface area contributed by atoms with Gasteiger partial charge in [0.05, 0.1) is 18.1 Å². The molecule has 0 bridgehead atoms. The van der Waals surface area contributed by atoms with Crippen LogP contribution in [0.3, 0.4) is 0 Å². The molecule has 0 aliphatic rings. The molecule has 4 nitrogen and oxygen atoms in total. The third-order valence-corrected chi connectivity index (χ3v) is 3.09. The molecule has 0 radical (unpaired) electrons. The van der Waals surface area contributed by atoms with Crippen LogP contribution < -0.4 is 0 Å². The van der Waals surface area contributed by atoms with Crippen LogP contribution >= 0.6 is 27.5 Å². The number of alkyl halides is 1. The predicted octanol–water partition coefficient (Wildman–Crippen LogP) is 3.20. The molecular formula is C10H8BrClN2O2. The van der Waals surface area contributed by atoms with E-state index in [-0.39, 0.29) is 5.28 Å². The molecule has 0 atom stereocenters. The van der Waals surface area contributed by atoms with Gasteiger partial charge in [-0.25, -0.2) is 14.3 Å². The van der Waals surface area contributed by atoms with Crippen molar-refractivity contribution in [3.05, 3.63) is 29.0 Å². The maximum Gasteiger partial charge on any atom is 0.420 e. The van der Waals surface area contributed by atoms with E-state index in [0.717, 1.165) is 5.56 Å². The fourth-order valence-corrected chi connectivity index (χ4v) is 2.20. The van der Waals surface area contributed by atoms with Gasteiger partial charge in [-0.3, -0.25) is 0 Å². The Hall–Kier alpha value is -1.07. The number of para-hydroxylation sites is 1. The summed E-state index contributed by atoms with van der Waals surface area (Å²) in [7, 11) is 1.30. The van der Waals surface area contributed by atoms with Crippen LogP contribution in [-0.2, 0) is 10.1 Å². The standard InChI is InChI=1S/C10H8BrClN2O2/c1-16-10(15)14-7-4-2-3-6(5-11)8(7)13-9(14)12/h2-4H,5H2,1H3. The molecule has 0 fully saturated rings. The normalized spacial score (nSPS) is 10.7. The maximum absolute atomic E-state index is 11.5. The van der Waals surface area contributed by atoms with Gasteiger partial charge in [-0.2, -0.15) is 0 Å². The predicted molar refractivity (Wildman–Crippen MR) is 65.2 cm³/mol. The molecule has 2 aromatic rings. The molecular weight excluding hydrogens is 295 g/mol. The second-order valence-corrected chi connectivity index (χ2v) is 4.00. The van der Waals surface area contributed by atoms with Gasteiger partial charge in [-0.15, -0.1) is 0 Å². The van der Waals surface area contributed by atoms with Gasteiger partial charge in [0.15, 0.2) is 0 Å². The Morgan fingerprint density at radius 2 is 2.38 bits per heavy atom. The summed E-state index contributed by atoms with van der Waals surface area (Å²) in [5.41, 5.74) is 2.32. The summed E-state index contributed by atoms with van der Waals surface area (Å²) in [5, 5.41) is 0.758. The molecule has 0 spiro atoms. The Morgan fingerprint density at radius 3 is 3.00 bits per heavy atom. The van der Waals surface area contributed by atoms with E-state index >= 15 is 0 Å². The largest absolute Gasteiger partial charge is 0.452 e. The fourth-order valence-electron chi connectivity index (χ4n) is 1.50. The van der Waals surface area contributed by atoms with E-state index in [2.05, 4.69) is 25.7 Å². The molecule has 0 N–H and O–H groups in total. The molecule has 6 heteroatoms. The number of halogens is 2. The maximum atomic E-state index is 11.5. The van der Waals surface area contributed by atoms with Crippen molar-refractivity contribution in [2.45, 2.75) is 5.33 Å². The lowest BCUT2D eigenvalue weighted by atomic mass is 10.2. The zero-order chi connectivity index (χ0) is 11.7. The Balaban J connectivity index is 2.76. The van der Waals surface area contributed by atoms with Crippen molar-refractivity contribution in [3.8, 4) is 0 Å². The number of ether oxygens (including phenoxy) is 1. The van der Waals surface area contributed by atoms with Crippen molar-refractivity contribution in [3.63, 3.8) is 0 Å². The number of hydrogen-bond acceptors (Lipinski definition) is 3. The second-order valence-electron chi connectivity index (χ2n) is 3.10. The highest BCUT2D eigenvalue weighted by atomic mass is 79.9. The first kappa shape index (κ1) is 11.4. The number of benzene rings is 1. The van der Waals surface area contributed by atoms with Crippen LogP contribution in [0.2, 0.25) is 5.28 Å². The van der Waals surface area contributed by atoms with E-state index in [1.807, 2.05) is 12.1 Å². The number of rotatable bonds is 1. The van der Waals surface area contributed by atoms with Gasteiger partial charge in [-0.1, -0.05) is 28.1 Å². The number of nitrogens with zero attached hydrogens (tertiary/aromatic N) is 2. The van der Waals surface area contributed by atoms with E-state index in [1.165, 1.54) is 11.7 Å². The van der Waals surface area contributed by atoms with Crippen molar-refractivity contribution in [1.82, 2.24) is 9.55 Å². The van der Waals surface area contributed by atoms with Crippen LogP contribution in [0.25, 0.3) is 11.0 Å². The second kappa shape index (κ2) is 4.43. The smallest absolute Gasteiger partial charge is 0.420 e. The van der Waals surface area contributed by atoms with E-state index in [1.54, 1.807) is 6.07 Å². The number of fused-ring (bicyclic) bond motifs is 1. The van der Waals surface area contributed by atoms with Crippen LogP contribution in [0.15, 0.2) is 18.2 Å². The highest BCUT2D eigenvalue weighted by Crippen LogP contribution is 2.24. The summed E-state index contributed by atoms with van der Waals surface area (Å²) in [5.74, 6) is 0. The number of carbonyl (C=O) groups excluding carboxylic acids is 1. The third-order valence-electron chi connectivity index (χ3n) is 2.23. The van der Waals surface area contributed by atoms with Gasteiger partial charge in [0.25, 0.3) is 0 Å². The minimum absolute atomic E-state index is 0.107. The molecule has 0 saturated heterocycles. The zero-order valence-electron chi connectivity index (χ0n) is 8.41. The molecule has 1 aromatic heterocycles. The number of imidazole rings is 1. The van der Waals surface area contributed by atoms with Crippen molar-refractivity contribution < 1.29 is 9.53 Å². The Morgan fingerprint density at radius 1 is 1.62 bits per heavy atom. The average Bonchev–Trinajstić information content (AvgIpc) is 2.63. The van der Waals surface area contributed by atoms with Crippen LogP contribution in [0.4, 0.5) is 4.79 Å². The lowest BCUT2D eigenvalue weighted by Crippen LogP contribution is -2.11. The van der Waals surface area contributed by atoms with Crippen LogP contribution in [0, 0.1) is 0 Å². The highest BCUT2D eigenvalue weighted by molar-refractivity contribution is 9.08. The van der Waals surface area contributed by atoms with Gasteiger partial charge < -0.3 is 4.74 Å². The van der Waals surface area contributed by atoms with Crippen molar-refractivity contribution in [2.75, 3.05) is 7.11 Å². The van der Waals surface area contributed by atoms with Gasteiger partial charge >= 0.3 is 6.09 Å². The van der Waals surface area contributed by atoms with E-state index in [0.29, 0.717) is 16.4 Å². The number of carbonyl (C=O) groups is 1. The number of hydrogen-bond donors (Lipinski definition) is 0. The summed E-state index contributed by atoms with van der Waals surface area (Å²) < 4.78 is 5.88. The Kier molecular flexibility index (Phi) is 3.16. The number of methoxy groups -OCH3 is 1. The lowest BCUT2D eigenvalue weighted by Gasteiger charge is -2.02. The molecule has 0 saturated carbocycles. The van der Waals surface area contributed by atoms with Crippen molar-refractivity contribution >= 4 is 44.7 Å². The van der Waals surface area contributed by atoms with Crippen molar-refractivity contribution in [1.29, 1.82) is 0 Å². The molecule has 16 heavy (non-hydrogen) atoms. The van der Waals surface area contributed by atoms with E-state index < -0.39 is 6.09 Å². The molecule has 2 rings (SSSR count). The quantitative estimate of drug-likeness (QED) is 0.760. The first-order chi connectivity index (χ1) is 7.69. The lowest BCUT2D eigenvalue weighted by molar-refractivity contribution is 0.174. The fraction of sp³-hybridized carbons (Fsp3) is 0.200. The van der Waals surface area contributed by atoms with Gasteiger partial charge in [0, 0.05) is 5.33 Å². The number of aromatic nitrogens is 2. The molecule has 0 aliphatic carbocycles. The van der Waals surface area contributed by atoms with Crippen LogP contribution in [-0.4, -0.2) is 22.8 Å². The summed E-state index contributed by atoms with van der Waals surface area (Å²) in [6.07, 6.45) is -0.542. The topological polar surface area (TPSA) is 44.1 Å². The minimum Gasteiger partial charge on any atom is -0.452 e. The summed E-state index contributed by atoms with van der Waals surface area (Å²) >= 11 is 9.26. The molecule has 0 amide bonds. The van der Waals surface area contributed by atoms with E-state index in [9.17, 15) is 4.79 Å². The summed E-state index contributed by atoms with van der Waals surface area (Å²) in [4.78, 5) is 15.7. The third kappa shape index (κ3) is 1.70. The molecule has 1 heterocycles. The van der Waals surface area contributed by atoms with Crippen molar-refractivity contribution in [2.24, 2.45) is 0 Å². The van der Waals surface area contributed by atoms with Crippen LogP contribution in [0.1, 0.15) is 5.56 Å². The zero-order valence-corrected chi connectivity index (χ0v) is 10.7. The average molecular weight is 304 g/mol. The Bertz CT molecular complexity index is 553. The summed E-state index contributed by atoms with van der Waals surface area (Å²) in [6, 6.07) is 5.54. The first-order valence-electron chi connectivity index (χ1n) is 4.49.